The van der Waals surface area contributed by atoms with Crippen molar-refractivity contribution in [2.24, 2.45) is 0 Å². The molecule has 4 N–H and O–H groups in total. The van der Waals surface area contributed by atoms with Crippen molar-refractivity contribution in [2.45, 2.75) is 257 Å². The molecule has 0 amide bonds. The number of hydrogen-bond acceptors (Lipinski definition) is 14. The molecule has 0 aliphatic rings. The van der Waals surface area contributed by atoms with Crippen molar-refractivity contribution in [1.82, 2.24) is 0 Å². The Labute approximate surface area is 513 Å². The summed E-state index contributed by atoms with van der Waals surface area (Å²) in [7, 11) is -9.78. The Morgan fingerprint density at radius 1 is 0.341 bits per heavy atom. The van der Waals surface area contributed by atoms with Gasteiger partial charge in [-0.1, -0.05) is 226 Å². The number of hydrogen-bond donors (Lipinski definition) is 4. The van der Waals surface area contributed by atoms with Gasteiger partial charge in [0.1, 0.15) is 25.4 Å². The van der Waals surface area contributed by atoms with E-state index in [1.54, 1.807) is 0 Å². The first-order chi connectivity index (χ1) is 41.2. The fourth-order valence-corrected chi connectivity index (χ4v) is 9.70. The van der Waals surface area contributed by atoms with Gasteiger partial charge in [-0.05, 0) is 103 Å². The Balaban J connectivity index is 4.71. The molecule has 488 valence electrons. The minimum Gasteiger partial charge on any atom is -0.463 e. The highest BCUT2D eigenvalue weighted by Gasteiger charge is 2.29. The number of aliphatic hydroxyl groups excluding tert-OH is 2. The standard InChI is InChI=1S/C67H114O16P2/c1-4-7-10-13-16-19-22-25-27-29-30-32-34-36-38-41-44-47-50-53-65(70)77-56-62(68)57-79-84(73,74)80-58-63(69)59-81-85(75,76)82-61-64(83-67(72)55-52-49-46-43-40-35-24-21-18-15-12-9-6-3)60-78-66(71)54-51-48-45-42-39-37-33-31-28-26-23-20-17-14-11-8-5-2/h7-8,10-11,16-17,19-20,25-28,30,32-33,36-38,62-64,68-69H,4-6,9,12-15,18,21-24,29,31,34-35,39-61H2,1-3H3,(H,73,74)(H,75,76)/b10-7-,11-8-,19-16-,20-17-,27-25-,28-26-,32-30-,37-33-,38-36-. The molecule has 85 heavy (non-hydrogen) atoms. The second-order valence-electron chi connectivity index (χ2n) is 21.2. The van der Waals surface area contributed by atoms with Crippen molar-refractivity contribution in [3.63, 3.8) is 0 Å². The van der Waals surface area contributed by atoms with Gasteiger partial charge < -0.3 is 34.2 Å². The minimum atomic E-state index is -4.93. The van der Waals surface area contributed by atoms with Gasteiger partial charge in [0.2, 0.25) is 0 Å². The molecule has 0 fully saturated rings. The van der Waals surface area contributed by atoms with Crippen LogP contribution in [0, 0.1) is 0 Å². The Kier molecular flexibility index (Phi) is 57.8. The van der Waals surface area contributed by atoms with E-state index in [1.165, 1.54) is 51.4 Å². The van der Waals surface area contributed by atoms with Crippen LogP contribution in [0.5, 0.6) is 0 Å². The average Bonchev–Trinajstić information content (AvgIpc) is 3.51. The lowest BCUT2D eigenvalue weighted by Gasteiger charge is -2.21. The van der Waals surface area contributed by atoms with Crippen molar-refractivity contribution in [2.75, 3.05) is 39.6 Å². The van der Waals surface area contributed by atoms with Crippen LogP contribution < -0.4 is 0 Å². The number of carbonyl (C=O) groups is 3. The zero-order valence-electron chi connectivity index (χ0n) is 52.5. The molecule has 0 heterocycles. The molecule has 18 heteroatoms. The van der Waals surface area contributed by atoms with Crippen LogP contribution in [-0.4, -0.2) is 95.9 Å². The third-order valence-corrected chi connectivity index (χ3v) is 14.9. The quantitative estimate of drug-likeness (QED) is 0.0146. The van der Waals surface area contributed by atoms with Crippen LogP contribution in [0.1, 0.15) is 239 Å². The molecule has 5 unspecified atom stereocenters. The summed E-state index contributed by atoms with van der Waals surface area (Å²) >= 11 is 0. The first-order valence-electron chi connectivity index (χ1n) is 32.2. The summed E-state index contributed by atoms with van der Waals surface area (Å²) in [6.45, 7) is 2.35. The fourth-order valence-electron chi connectivity index (χ4n) is 8.12. The molecule has 0 rings (SSSR count). The predicted octanol–water partition coefficient (Wildman–Crippen LogP) is 17.3. The van der Waals surface area contributed by atoms with E-state index in [1.807, 2.05) is 0 Å². The second-order valence-corrected chi connectivity index (χ2v) is 24.1. The van der Waals surface area contributed by atoms with Gasteiger partial charge in [0.05, 0.1) is 26.4 Å². The summed E-state index contributed by atoms with van der Waals surface area (Å²) in [6.07, 6.45) is 65.8. The van der Waals surface area contributed by atoms with Crippen LogP contribution in [-0.2, 0) is 55.8 Å². The molecule has 0 radical (unpaired) electrons. The van der Waals surface area contributed by atoms with Gasteiger partial charge in [0.15, 0.2) is 6.10 Å². The van der Waals surface area contributed by atoms with Crippen molar-refractivity contribution in [3.05, 3.63) is 109 Å². The number of rotatable bonds is 60. The lowest BCUT2D eigenvalue weighted by atomic mass is 10.0. The molecular weight excluding hydrogens is 1120 g/mol. The van der Waals surface area contributed by atoms with Gasteiger partial charge in [-0.2, -0.15) is 0 Å². The van der Waals surface area contributed by atoms with Crippen molar-refractivity contribution in [1.29, 1.82) is 0 Å². The normalized spacial score (nSPS) is 15.0. The fraction of sp³-hybridized carbons (Fsp3) is 0.687. The summed E-state index contributed by atoms with van der Waals surface area (Å²) in [5.41, 5.74) is 0. The highest BCUT2D eigenvalue weighted by molar-refractivity contribution is 7.47. The number of unbranched alkanes of at least 4 members (excludes halogenated alkanes) is 19. The number of phosphoric ester groups is 2. The van der Waals surface area contributed by atoms with Crippen LogP contribution in [0.2, 0.25) is 0 Å². The van der Waals surface area contributed by atoms with Crippen LogP contribution in [0.15, 0.2) is 109 Å². The summed E-state index contributed by atoms with van der Waals surface area (Å²) in [5, 5.41) is 20.5. The van der Waals surface area contributed by atoms with E-state index < -0.39 is 91.5 Å². The monoisotopic (exact) mass is 1240 g/mol. The van der Waals surface area contributed by atoms with Gasteiger partial charge in [0.25, 0.3) is 0 Å². The van der Waals surface area contributed by atoms with Crippen molar-refractivity contribution < 1.29 is 75.8 Å². The number of phosphoric acid groups is 2. The zero-order valence-corrected chi connectivity index (χ0v) is 54.3. The first kappa shape index (κ1) is 81.2. The van der Waals surface area contributed by atoms with Gasteiger partial charge in [-0.3, -0.25) is 32.5 Å². The Morgan fingerprint density at radius 3 is 1.00 bits per heavy atom. The maximum absolute atomic E-state index is 12.9. The Morgan fingerprint density at radius 2 is 0.624 bits per heavy atom. The molecule has 16 nitrogen and oxygen atoms in total. The van der Waals surface area contributed by atoms with Crippen LogP contribution in [0.3, 0.4) is 0 Å². The van der Waals surface area contributed by atoms with Crippen molar-refractivity contribution in [3.8, 4) is 0 Å². The molecule has 0 aliphatic heterocycles. The lowest BCUT2D eigenvalue weighted by Crippen LogP contribution is -2.30. The average molecular weight is 1240 g/mol. The zero-order chi connectivity index (χ0) is 62.4. The molecule has 5 atom stereocenters. The van der Waals surface area contributed by atoms with E-state index in [-0.39, 0.29) is 19.3 Å². The topological polar surface area (TPSA) is 231 Å². The summed E-state index contributed by atoms with van der Waals surface area (Å²) in [4.78, 5) is 58.2. The van der Waals surface area contributed by atoms with E-state index in [2.05, 4.69) is 130 Å². The third kappa shape index (κ3) is 61.6. The number of ether oxygens (including phenoxy) is 3. The number of esters is 3. The summed E-state index contributed by atoms with van der Waals surface area (Å²) in [6, 6.07) is 0. The third-order valence-electron chi connectivity index (χ3n) is 13.0. The summed E-state index contributed by atoms with van der Waals surface area (Å²) < 4.78 is 60.7. The van der Waals surface area contributed by atoms with Crippen LogP contribution >= 0.6 is 15.6 Å². The molecule has 0 aromatic carbocycles. The molecule has 0 aliphatic carbocycles. The highest BCUT2D eigenvalue weighted by atomic mass is 31.2. The molecule has 0 aromatic heterocycles. The molecule has 0 spiro atoms. The van der Waals surface area contributed by atoms with E-state index in [4.69, 9.17) is 32.3 Å². The van der Waals surface area contributed by atoms with Crippen LogP contribution in [0.4, 0.5) is 0 Å². The smallest absolute Gasteiger partial charge is 0.463 e. The van der Waals surface area contributed by atoms with Gasteiger partial charge in [0, 0.05) is 19.3 Å². The van der Waals surface area contributed by atoms with E-state index in [0.29, 0.717) is 19.3 Å². The highest BCUT2D eigenvalue weighted by Crippen LogP contribution is 2.45. The van der Waals surface area contributed by atoms with Gasteiger partial charge in [-0.15, -0.1) is 0 Å². The van der Waals surface area contributed by atoms with E-state index in [9.17, 15) is 43.5 Å². The second kappa shape index (κ2) is 60.5. The maximum Gasteiger partial charge on any atom is 0.472 e. The molecule has 0 saturated heterocycles. The van der Waals surface area contributed by atoms with Crippen molar-refractivity contribution >= 4 is 33.6 Å². The van der Waals surface area contributed by atoms with Gasteiger partial charge in [-0.25, -0.2) is 9.13 Å². The lowest BCUT2D eigenvalue weighted by molar-refractivity contribution is -0.161. The van der Waals surface area contributed by atoms with Crippen LogP contribution in [0.25, 0.3) is 0 Å². The Bertz CT molecular complexity index is 1990. The first-order valence-corrected chi connectivity index (χ1v) is 35.2. The number of aliphatic hydroxyl groups is 2. The number of carbonyl (C=O) groups excluding carboxylic acids is 3. The minimum absolute atomic E-state index is 0.0990. The molecule has 0 aromatic rings. The predicted molar refractivity (Wildman–Crippen MR) is 344 cm³/mol. The van der Waals surface area contributed by atoms with E-state index >= 15 is 0 Å². The summed E-state index contributed by atoms with van der Waals surface area (Å²) in [5.74, 6) is -1.63. The Hall–Kier alpha value is -3.79. The molecule has 0 bridgehead atoms. The largest absolute Gasteiger partial charge is 0.472 e. The molecular formula is C67H114O16P2. The van der Waals surface area contributed by atoms with E-state index in [0.717, 1.165) is 128 Å². The number of allylic oxidation sites excluding steroid dienone is 18. The SMILES string of the molecule is CC/C=C\C/C=C\C/C=C\C/C=C\C/C=C\CCCCCC(=O)OCC(O)COP(=O)(O)OCC(O)COP(=O)(O)OCC(COC(=O)CCCCCC/C=C\C/C=C\C/C=C\C/C=C\CC)OC(=O)CCCCCCCCCCCCCCC. The maximum atomic E-state index is 12.9. The van der Waals surface area contributed by atoms with Gasteiger partial charge >= 0.3 is 33.6 Å². The molecule has 0 saturated carbocycles.